The number of para-hydroxylation sites is 1. The first-order valence-electron chi connectivity index (χ1n) is 9.23. The van der Waals surface area contributed by atoms with Crippen molar-refractivity contribution in [1.29, 1.82) is 0 Å². The molecule has 0 aliphatic rings. The fraction of sp³-hybridized carbons (Fsp3) is 0.0952. The minimum atomic E-state index is -0.541. The van der Waals surface area contributed by atoms with Gasteiger partial charge in [-0.05, 0) is 46.3 Å². The largest absolute Gasteiger partial charge is 0.492 e. The van der Waals surface area contributed by atoms with Crippen molar-refractivity contribution in [3.05, 3.63) is 60.5 Å². The highest BCUT2D eigenvalue weighted by atomic mass is 19.1. The molecular formula is C21H18FN7O2. The summed E-state index contributed by atoms with van der Waals surface area (Å²) in [6.45, 7) is 1.45. The van der Waals surface area contributed by atoms with Crippen molar-refractivity contribution < 1.29 is 13.9 Å². The van der Waals surface area contributed by atoms with Gasteiger partial charge >= 0.3 is 0 Å². The predicted octanol–water partition coefficient (Wildman–Crippen LogP) is 3.08. The number of benzene rings is 2. The number of hydrogen-bond acceptors (Lipinski definition) is 7. The molecule has 2 aromatic carbocycles. The molecule has 2 heterocycles. The van der Waals surface area contributed by atoms with E-state index in [2.05, 4.69) is 25.8 Å². The lowest BCUT2D eigenvalue weighted by molar-refractivity contribution is -0.114. The Balaban J connectivity index is 1.77. The van der Waals surface area contributed by atoms with Gasteiger partial charge in [0.05, 0.1) is 12.7 Å². The summed E-state index contributed by atoms with van der Waals surface area (Å²) < 4.78 is 20.7. The van der Waals surface area contributed by atoms with Crippen LogP contribution in [0.4, 0.5) is 15.9 Å². The number of rotatable bonds is 5. The highest BCUT2D eigenvalue weighted by Crippen LogP contribution is 2.32. The Hall–Kier alpha value is -4.34. The quantitative estimate of drug-likeness (QED) is 0.510. The predicted molar refractivity (Wildman–Crippen MR) is 113 cm³/mol. The average molecular weight is 419 g/mol. The summed E-state index contributed by atoms with van der Waals surface area (Å²) in [6, 6.07) is 13.5. The van der Waals surface area contributed by atoms with E-state index in [-0.39, 0.29) is 23.3 Å². The molecule has 0 radical (unpaired) electrons. The van der Waals surface area contributed by atoms with Gasteiger partial charge in [0.2, 0.25) is 5.91 Å². The first kappa shape index (κ1) is 20.0. The van der Waals surface area contributed by atoms with Crippen molar-refractivity contribution in [2.75, 3.05) is 18.2 Å². The maximum Gasteiger partial charge on any atom is 0.221 e. The first-order valence-corrected chi connectivity index (χ1v) is 9.23. The van der Waals surface area contributed by atoms with Crippen LogP contribution in [0.2, 0.25) is 0 Å². The Labute approximate surface area is 176 Å². The zero-order valence-electron chi connectivity index (χ0n) is 16.7. The van der Waals surface area contributed by atoms with Gasteiger partial charge in [-0.2, -0.15) is 4.68 Å². The van der Waals surface area contributed by atoms with Gasteiger partial charge in [-0.15, -0.1) is 5.10 Å². The number of pyridine rings is 1. The van der Waals surface area contributed by atoms with Crippen molar-refractivity contribution in [2.45, 2.75) is 6.92 Å². The minimum Gasteiger partial charge on any atom is -0.492 e. The van der Waals surface area contributed by atoms with Crippen LogP contribution in [-0.4, -0.2) is 38.2 Å². The van der Waals surface area contributed by atoms with Crippen LogP contribution in [0.15, 0.2) is 54.7 Å². The second-order valence-corrected chi connectivity index (χ2v) is 6.62. The number of nitrogen functional groups attached to an aromatic ring is 1. The van der Waals surface area contributed by atoms with Crippen molar-refractivity contribution in [1.82, 2.24) is 25.2 Å². The highest BCUT2D eigenvalue weighted by molar-refractivity contribution is 5.89. The number of carbonyl (C=O) groups excluding carboxylic acids is 1. The van der Waals surface area contributed by atoms with Crippen molar-refractivity contribution >= 4 is 17.4 Å². The van der Waals surface area contributed by atoms with Gasteiger partial charge in [0, 0.05) is 24.4 Å². The zero-order chi connectivity index (χ0) is 22.0. The monoisotopic (exact) mass is 419 g/mol. The topological polar surface area (TPSA) is 121 Å². The molecule has 9 nitrogen and oxygen atoms in total. The summed E-state index contributed by atoms with van der Waals surface area (Å²) >= 11 is 0. The standard InChI is InChI=1S/C21H18FN7O2/c1-12(30)25-15-8-6-13(7-9-15)14-10-16(20(23)24-11-14)21-26-27-28-29(21)18-5-3-4-17(22)19(18)31-2/h3-11H,1-2H3,(H2,23,24)(H,25,30). The Morgan fingerprint density at radius 3 is 2.65 bits per heavy atom. The Morgan fingerprint density at radius 1 is 1.16 bits per heavy atom. The number of anilines is 2. The highest BCUT2D eigenvalue weighted by Gasteiger charge is 2.20. The third kappa shape index (κ3) is 3.90. The molecule has 3 N–H and O–H groups in total. The number of hydrogen-bond donors (Lipinski definition) is 2. The Kier molecular flexibility index (Phi) is 5.27. The summed E-state index contributed by atoms with van der Waals surface area (Å²) in [5.74, 6) is -0.188. The molecule has 1 amide bonds. The summed E-state index contributed by atoms with van der Waals surface area (Å²) in [5.41, 5.74) is 9.21. The molecule has 2 aromatic heterocycles. The molecule has 156 valence electrons. The minimum absolute atomic E-state index is 0.00675. The molecule has 0 aliphatic carbocycles. The molecule has 10 heteroatoms. The van der Waals surface area contributed by atoms with Gasteiger partial charge in [0.1, 0.15) is 11.5 Å². The number of ether oxygens (including phenoxy) is 1. The van der Waals surface area contributed by atoms with E-state index < -0.39 is 5.82 Å². The summed E-state index contributed by atoms with van der Waals surface area (Å²) in [6.07, 6.45) is 1.63. The second kappa shape index (κ2) is 8.19. The SMILES string of the molecule is COc1c(F)cccc1-n1nnnc1-c1cc(-c2ccc(NC(C)=O)cc2)cnc1N. The Bertz CT molecular complexity index is 1260. The molecule has 31 heavy (non-hydrogen) atoms. The molecule has 0 saturated heterocycles. The van der Waals surface area contributed by atoms with Crippen LogP contribution in [-0.2, 0) is 4.79 Å². The van der Waals surface area contributed by atoms with Crippen molar-refractivity contribution in [3.63, 3.8) is 0 Å². The summed E-state index contributed by atoms with van der Waals surface area (Å²) in [5, 5.41) is 14.5. The van der Waals surface area contributed by atoms with Crippen molar-refractivity contribution in [3.8, 4) is 34.0 Å². The van der Waals surface area contributed by atoms with Crippen LogP contribution in [0, 0.1) is 5.82 Å². The van der Waals surface area contributed by atoms with E-state index in [1.54, 1.807) is 30.5 Å². The van der Waals surface area contributed by atoms with E-state index in [0.717, 1.165) is 11.1 Å². The van der Waals surface area contributed by atoms with Crippen molar-refractivity contribution in [2.24, 2.45) is 0 Å². The normalized spacial score (nSPS) is 10.7. The fourth-order valence-corrected chi connectivity index (χ4v) is 3.15. The van der Waals surface area contributed by atoms with E-state index in [0.29, 0.717) is 16.9 Å². The van der Waals surface area contributed by atoms with E-state index in [1.165, 1.54) is 30.8 Å². The van der Waals surface area contributed by atoms with Crippen LogP contribution in [0.3, 0.4) is 0 Å². The number of tetrazole rings is 1. The van der Waals surface area contributed by atoms with Crippen LogP contribution < -0.4 is 15.8 Å². The van der Waals surface area contributed by atoms with Gasteiger partial charge in [-0.25, -0.2) is 9.37 Å². The number of aromatic nitrogens is 5. The van der Waals surface area contributed by atoms with Crippen LogP contribution in [0.25, 0.3) is 28.2 Å². The van der Waals surface area contributed by atoms with Gasteiger partial charge < -0.3 is 15.8 Å². The van der Waals surface area contributed by atoms with Crippen LogP contribution in [0.1, 0.15) is 6.92 Å². The van der Waals surface area contributed by atoms with Gasteiger partial charge in [0.25, 0.3) is 0 Å². The lowest BCUT2D eigenvalue weighted by atomic mass is 10.0. The number of nitrogens with zero attached hydrogens (tertiary/aromatic N) is 5. The number of nitrogens with one attached hydrogen (secondary N) is 1. The molecule has 0 bridgehead atoms. The number of methoxy groups -OCH3 is 1. The number of carbonyl (C=O) groups is 1. The summed E-state index contributed by atoms with van der Waals surface area (Å²) in [7, 11) is 1.37. The maximum absolute atomic E-state index is 14.2. The maximum atomic E-state index is 14.2. The van der Waals surface area contributed by atoms with E-state index in [4.69, 9.17) is 10.5 Å². The molecule has 0 atom stereocenters. The zero-order valence-corrected chi connectivity index (χ0v) is 16.7. The molecule has 0 fully saturated rings. The van der Waals surface area contributed by atoms with Gasteiger partial charge in [-0.1, -0.05) is 18.2 Å². The molecule has 0 saturated carbocycles. The molecule has 0 aliphatic heterocycles. The number of halogens is 1. The Morgan fingerprint density at radius 2 is 1.94 bits per heavy atom. The summed E-state index contributed by atoms with van der Waals surface area (Å²) in [4.78, 5) is 15.5. The fourth-order valence-electron chi connectivity index (χ4n) is 3.15. The van der Waals surface area contributed by atoms with E-state index in [9.17, 15) is 9.18 Å². The third-order valence-corrected chi connectivity index (χ3v) is 4.55. The molecular weight excluding hydrogens is 401 g/mol. The lowest BCUT2D eigenvalue weighted by Crippen LogP contribution is -2.06. The van der Waals surface area contributed by atoms with Gasteiger partial charge in [-0.3, -0.25) is 4.79 Å². The molecule has 0 unspecified atom stereocenters. The van der Waals surface area contributed by atoms with E-state index >= 15 is 0 Å². The average Bonchev–Trinajstić information content (AvgIpc) is 3.23. The molecule has 4 rings (SSSR count). The van der Waals surface area contributed by atoms with E-state index in [1.807, 2.05) is 12.1 Å². The number of amides is 1. The number of nitrogens with two attached hydrogens (primary N) is 1. The van der Waals surface area contributed by atoms with Crippen LogP contribution in [0.5, 0.6) is 5.75 Å². The molecule has 4 aromatic rings. The third-order valence-electron chi connectivity index (χ3n) is 4.55. The molecule has 0 spiro atoms. The van der Waals surface area contributed by atoms with Gasteiger partial charge in [0.15, 0.2) is 17.4 Å². The lowest BCUT2D eigenvalue weighted by Gasteiger charge is -2.12. The smallest absolute Gasteiger partial charge is 0.221 e. The van der Waals surface area contributed by atoms with Crippen LogP contribution >= 0.6 is 0 Å². The second-order valence-electron chi connectivity index (χ2n) is 6.62. The first-order chi connectivity index (χ1) is 15.0.